The maximum atomic E-state index is 8.50. The van der Waals surface area contributed by atoms with Crippen molar-refractivity contribution in [3.8, 4) is 11.3 Å². The van der Waals surface area contributed by atoms with E-state index in [2.05, 4.69) is 4.98 Å². The fourth-order valence-electron chi connectivity index (χ4n) is 2.03. The molecule has 2 heteroatoms. The monoisotopic (exact) mass is 322 g/mol. The van der Waals surface area contributed by atoms with Crippen molar-refractivity contribution < 1.29 is 9.60 Å². The van der Waals surface area contributed by atoms with E-state index in [1.165, 1.54) is 12.0 Å². The normalized spacial score (nSPS) is 19.2. The Kier molecular flexibility index (Phi) is 2.21. The molecule has 0 saturated carbocycles. The summed E-state index contributed by atoms with van der Waals surface area (Å²) in [5, 5.41) is 0. The first kappa shape index (κ1) is 7.63. The van der Waals surface area contributed by atoms with Crippen LogP contribution in [-0.2, 0) is 0 Å². The Morgan fingerprint density at radius 1 is 1.21 bits per heavy atom. The third-order valence-electron chi connectivity index (χ3n) is 3.05. The van der Waals surface area contributed by atoms with E-state index in [1.807, 2.05) is 30.3 Å². The Morgan fingerprint density at radius 2 is 1.89 bits per heavy atom. The molecule has 0 spiro atoms. The van der Waals surface area contributed by atoms with Crippen LogP contribution in [0.5, 0.6) is 0 Å². The Bertz CT molecular complexity index is 762. The molecule has 0 aliphatic carbocycles. The Hall–Kier alpha value is -1.09. The third-order valence-corrected chi connectivity index (χ3v) is 6.15. The van der Waals surface area contributed by atoms with E-state index in [9.17, 15) is 0 Å². The van der Waals surface area contributed by atoms with Crippen molar-refractivity contribution in [2.75, 3.05) is 0 Å². The molecule has 0 atom stereocenters. The molecule has 1 aromatic heterocycles. The number of rotatable bonds is 3. The van der Waals surface area contributed by atoms with Gasteiger partial charge < -0.3 is 0 Å². The van der Waals surface area contributed by atoms with Gasteiger partial charge in [-0.3, -0.25) is 0 Å². The van der Waals surface area contributed by atoms with Crippen LogP contribution in [0.15, 0.2) is 42.6 Å². The average molecular weight is 321 g/mol. The summed E-state index contributed by atoms with van der Waals surface area (Å²) >= 11 is -4.64. The number of aromatic nitrogens is 1. The van der Waals surface area contributed by atoms with Crippen molar-refractivity contribution in [1.82, 2.24) is 4.98 Å². The second-order valence-corrected chi connectivity index (χ2v) is 11.0. The van der Waals surface area contributed by atoms with Crippen LogP contribution in [0.25, 0.3) is 11.3 Å². The molecule has 2 rings (SSSR count). The molecule has 0 unspecified atom stereocenters. The van der Waals surface area contributed by atoms with Gasteiger partial charge in [-0.25, -0.2) is 0 Å². The summed E-state index contributed by atoms with van der Waals surface area (Å²) in [4.78, 5) is 4.38. The van der Waals surface area contributed by atoms with Crippen LogP contribution in [0.2, 0.25) is 17.1 Å². The van der Waals surface area contributed by atoms with Crippen LogP contribution < -0.4 is 4.40 Å². The predicted molar refractivity (Wildman–Crippen MR) is 86.7 cm³/mol. The summed E-state index contributed by atoms with van der Waals surface area (Å²) < 4.78 is 56.5. The van der Waals surface area contributed by atoms with E-state index >= 15 is 0 Å². The molecule has 0 saturated heterocycles. The van der Waals surface area contributed by atoms with E-state index in [0.29, 0.717) is 11.3 Å². The first-order valence-corrected chi connectivity index (χ1v) is 11.5. The first-order chi connectivity index (χ1) is 11.7. The summed E-state index contributed by atoms with van der Waals surface area (Å²) in [5.41, 5.74) is -3.32. The molecule has 100 valence electrons. The number of pyridine rings is 1. The summed E-state index contributed by atoms with van der Waals surface area (Å²) in [6.45, 7) is 3.28. The molecule has 1 aromatic carbocycles. The van der Waals surface area contributed by atoms with Gasteiger partial charge in [-0.1, -0.05) is 0 Å². The van der Waals surface area contributed by atoms with Crippen LogP contribution in [0.3, 0.4) is 0 Å². The van der Waals surface area contributed by atoms with Crippen molar-refractivity contribution in [2.24, 2.45) is 0 Å². The summed E-state index contributed by atoms with van der Waals surface area (Å²) in [5.74, 6) is 0.249. The zero-order valence-corrected chi connectivity index (χ0v) is 13.6. The zero-order chi connectivity index (χ0) is 20.0. The molecule has 1 nitrogen and oxygen atoms in total. The van der Waals surface area contributed by atoms with Gasteiger partial charge in [0.15, 0.2) is 0 Å². The van der Waals surface area contributed by atoms with Gasteiger partial charge in [0.2, 0.25) is 0 Å². The molecule has 0 bridgehead atoms. The predicted octanol–water partition coefficient (Wildman–Crippen LogP) is 4.42. The van der Waals surface area contributed by atoms with Crippen molar-refractivity contribution in [1.29, 1.82) is 0 Å². The summed E-state index contributed by atoms with van der Waals surface area (Å²) in [7, 11) is 0. The number of hydrogen-bond acceptors (Lipinski definition) is 1. The average Bonchev–Trinajstić information content (AvgIpc) is 2.51. The molecule has 0 aliphatic heterocycles. The summed E-state index contributed by atoms with van der Waals surface area (Å²) in [6.07, 6.45) is 1.40. The zero-order valence-electron chi connectivity index (χ0n) is 18.5. The van der Waals surface area contributed by atoms with Gasteiger partial charge >= 0.3 is 129 Å². The standard InChI is InChI=1S/C17H23GeN/c1-13(2)15-11-17(14-9-7-6-8-10-14)19-12-16(15)18(3,4)5/h6-13H,1-5H3/i3D3,4D3,13D. The molecule has 0 radical (unpaired) electrons. The fraction of sp³-hybridized carbons (Fsp3) is 0.353. The van der Waals surface area contributed by atoms with Gasteiger partial charge in [0, 0.05) is 0 Å². The van der Waals surface area contributed by atoms with Crippen molar-refractivity contribution in [2.45, 2.75) is 36.9 Å². The van der Waals surface area contributed by atoms with Gasteiger partial charge in [0.05, 0.1) is 0 Å². The number of nitrogens with zero attached hydrogens (tertiary/aromatic N) is 1. The minimum absolute atomic E-state index is 0.254. The van der Waals surface area contributed by atoms with E-state index < -0.39 is 30.5 Å². The fourth-order valence-corrected chi connectivity index (χ4v) is 4.52. The SMILES string of the molecule is [2H]C(C)(C)c1cc(-c2ccccc2)nc[c]1[Ge]([CH3])([C]([2H])([2H])[2H])[C]([2H])([2H])[2H]. The van der Waals surface area contributed by atoms with E-state index in [4.69, 9.17) is 9.60 Å². The van der Waals surface area contributed by atoms with Crippen LogP contribution in [-0.4, -0.2) is 18.3 Å². The van der Waals surface area contributed by atoms with Crippen LogP contribution in [0.1, 0.15) is 34.9 Å². The van der Waals surface area contributed by atoms with E-state index in [0.717, 1.165) is 5.56 Å². The van der Waals surface area contributed by atoms with Crippen LogP contribution in [0.4, 0.5) is 0 Å². The molecule has 0 amide bonds. The molecule has 0 aliphatic rings. The van der Waals surface area contributed by atoms with Gasteiger partial charge in [0.1, 0.15) is 0 Å². The molecule has 2 aromatic rings. The molecular weight excluding hydrogens is 291 g/mol. The topological polar surface area (TPSA) is 12.9 Å². The second-order valence-electron chi connectivity index (χ2n) is 5.11. The third kappa shape index (κ3) is 3.27. The Balaban J connectivity index is 2.81. The van der Waals surface area contributed by atoms with E-state index in [-0.39, 0.29) is 4.40 Å². The number of benzene rings is 1. The quantitative estimate of drug-likeness (QED) is 0.763. The molecule has 0 fully saturated rings. The molecule has 1 heterocycles. The Labute approximate surface area is 129 Å². The molecular formula is C17H23GeN. The van der Waals surface area contributed by atoms with Gasteiger partial charge in [0.25, 0.3) is 0 Å². The van der Waals surface area contributed by atoms with Gasteiger partial charge in [-0.05, 0) is 0 Å². The first-order valence-electron chi connectivity index (χ1n) is 9.76. The summed E-state index contributed by atoms with van der Waals surface area (Å²) in [6, 6.07) is 11.0. The van der Waals surface area contributed by atoms with Gasteiger partial charge in [-0.2, -0.15) is 0 Å². The van der Waals surface area contributed by atoms with Gasteiger partial charge in [-0.15, -0.1) is 0 Å². The Morgan fingerprint density at radius 3 is 2.47 bits per heavy atom. The van der Waals surface area contributed by atoms with Crippen molar-refractivity contribution >= 4 is 17.7 Å². The number of hydrogen-bond donors (Lipinski definition) is 0. The van der Waals surface area contributed by atoms with Crippen LogP contribution in [0, 0.1) is 0 Å². The molecule has 19 heavy (non-hydrogen) atoms. The maximum absolute atomic E-state index is 8.50. The van der Waals surface area contributed by atoms with Crippen molar-refractivity contribution in [3.63, 3.8) is 0 Å². The van der Waals surface area contributed by atoms with Crippen molar-refractivity contribution in [3.05, 3.63) is 48.2 Å². The second kappa shape index (κ2) is 5.50. The van der Waals surface area contributed by atoms with E-state index in [1.54, 1.807) is 19.9 Å². The molecule has 0 N–H and O–H groups in total. The minimum atomic E-state index is -4.64. The van der Waals surface area contributed by atoms with Crippen LogP contribution >= 0.6 is 0 Å².